The maximum Gasteiger partial charge on any atom is 0.497 e. The number of ketones is 1. The molecule has 3 aromatic rings. The molecule has 0 bridgehead atoms. The van der Waals surface area contributed by atoms with Gasteiger partial charge in [-0.3, -0.25) is 9.78 Å². The number of hydrogen-bond donors (Lipinski definition) is 0. The molecule has 134 valence electrons. The summed E-state index contributed by atoms with van der Waals surface area (Å²) in [7, 11) is -0.515. The Morgan fingerprint density at radius 3 is 2.19 bits per heavy atom. The first-order valence-corrected chi connectivity index (χ1v) is 9.21. The van der Waals surface area contributed by atoms with Crippen molar-refractivity contribution < 1.29 is 14.1 Å². The SMILES string of the molecule is CC1(C)OB(c2cnc3c4c(cccc24)C(=O)c2ccccc2-3)OC1(C)C. The average molecular weight is 357 g/mol. The Kier molecular flexibility index (Phi) is 3.26. The van der Waals surface area contributed by atoms with Crippen molar-refractivity contribution in [3.63, 3.8) is 0 Å². The summed E-state index contributed by atoms with van der Waals surface area (Å²) in [5.74, 6) is 0.0385. The number of aromatic nitrogens is 1. The van der Waals surface area contributed by atoms with Gasteiger partial charge in [-0.2, -0.15) is 0 Å². The Morgan fingerprint density at radius 2 is 1.48 bits per heavy atom. The molecule has 2 aliphatic rings. The molecular formula is C22H20BNO3. The summed E-state index contributed by atoms with van der Waals surface area (Å²) in [6.45, 7) is 8.13. The molecule has 5 rings (SSSR count). The molecule has 0 atom stereocenters. The summed E-state index contributed by atoms with van der Waals surface area (Å²) in [6, 6.07) is 13.5. The molecule has 1 fully saturated rings. The third-order valence-corrected chi connectivity index (χ3v) is 6.12. The third-order valence-electron chi connectivity index (χ3n) is 6.12. The van der Waals surface area contributed by atoms with Gasteiger partial charge in [0, 0.05) is 33.7 Å². The van der Waals surface area contributed by atoms with Crippen LogP contribution in [0, 0.1) is 0 Å². The molecule has 0 radical (unpaired) electrons. The normalized spacial score (nSPS) is 19.4. The van der Waals surface area contributed by atoms with Crippen molar-refractivity contribution in [1.29, 1.82) is 0 Å². The second-order valence-electron chi connectivity index (χ2n) is 8.25. The van der Waals surface area contributed by atoms with Gasteiger partial charge in [-0.05, 0) is 33.1 Å². The highest BCUT2D eigenvalue weighted by Crippen LogP contribution is 2.40. The second kappa shape index (κ2) is 5.28. The van der Waals surface area contributed by atoms with Crippen molar-refractivity contribution in [2.45, 2.75) is 38.9 Å². The van der Waals surface area contributed by atoms with Crippen LogP contribution in [0.25, 0.3) is 22.0 Å². The zero-order chi connectivity index (χ0) is 19.0. The van der Waals surface area contributed by atoms with Crippen molar-refractivity contribution in [3.05, 3.63) is 59.8 Å². The van der Waals surface area contributed by atoms with Crippen molar-refractivity contribution in [1.82, 2.24) is 4.98 Å². The lowest BCUT2D eigenvalue weighted by atomic mass is 9.74. The highest BCUT2D eigenvalue weighted by Gasteiger charge is 2.52. The molecule has 0 amide bonds. The molecule has 1 aliphatic carbocycles. The Hall–Kier alpha value is -2.50. The van der Waals surface area contributed by atoms with Crippen LogP contribution in [0.4, 0.5) is 0 Å². The zero-order valence-electron chi connectivity index (χ0n) is 15.9. The molecule has 1 saturated heterocycles. The summed E-state index contributed by atoms with van der Waals surface area (Å²) < 4.78 is 12.5. The van der Waals surface area contributed by atoms with E-state index in [1.807, 2.05) is 76.4 Å². The van der Waals surface area contributed by atoms with Crippen LogP contribution in [0.5, 0.6) is 0 Å². The van der Waals surface area contributed by atoms with E-state index < -0.39 is 18.3 Å². The van der Waals surface area contributed by atoms with Gasteiger partial charge in [0.2, 0.25) is 0 Å². The summed E-state index contributed by atoms with van der Waals surface area (Å²) in [6.07, 6.45) is 1.83. The molecule has 1 aliphatic heterocycles. The van der Waals surface area contributed by atoms with Crippen LogP contribution in [-0.2, 0) is 9.31 Å². The van der Waals surface area contributed by atoms with Crippen molar-refractivity contribution >= 4 is 29.1 Å². The molecular weight excluding hydrogens is 337 g/mol. The van der Waals surface area contributed by atoms with Gasteiger partial charge in [0.15, 0.2) is 5.78 Å². The van der Waals surface area contributed by atoms with Gasteiger partial charge < -0.3 is 9.31 Å². The van der Waals surface area contributed by atoms with E-state index in [2.05, 4.69) is 0 Å². The van der Waals surface area contributed by atoms with Gasteiger partial charge in [0.25, 0.3) is 0 Å². The number of pyridine rings is 1. The number of carbonyl (C=O) groups is 1. The Morgan fingerprint density at radius 1 is 0.852 bits per heavy atom. The third kappa shape index (κ3) is 2.19. The molecule has 1 aromatic heterocycles. The first kappa shape index (κ1) is 16.7. The van der Waals surface area contributed by atoms with Crippen LogP contribution >= 0.6 is 0 Å². The van der Waals surface area contributed by atoms with Gasteiger partial charge >= 0.3 is 7.12 Å². The summed E-state index contributed by atoms with van der Waals surface area (Å²) in [5, 5.41) is 1.84. The molecule has 5 heteroatoms. The molecule has 0 saturated carbocycles. The highest BCUT2D eigenvalue weighted by molar-refractivity contribution is 6.65. The number of carbonyl (C=O) groups excluding carboxylic acids is 1. The lowest BCUT2D eigenvalue weighted by Gasteiger charge is -2.32. The van der Waals surface area contributed by atoms with Gasteiger partial charge in [0.05, 0.1) is 16.9 Å². The van der Waals surface area contributed by atoms with E-state index in [1.54, 1.807) is 0 Å². The minimum Gasteiger partial charge on any atom is -0.399 e. The predicted octanol–water partition coefficient (Wildman–Crippen LogP) is 3.75. The average Bonchev–Trinajstić information content (AvgIpc) is 2.86. The standard InChI is InChI=1S/C22H20BNO3/c1-21(2)22(3,4)27-23(26-21)17-12-24-19-13-8-5-6-9-14(13)20(25)16-11-7-10-15(17)18(16)19/h5-12H,1-4H3. The number of benzene rings is 2. The van der Waals surface area contributed by atoms with Gasteiger partial charge in [-0.25, -0.2) is 0 Å². The van der Waals surface area contributed by atoms with E-state index in [-0.39, 0.29) is 5.78 Å². The molecule has 4 nitrogen and oxygen atoms in total. The fraction of sp³-hybridized carbons (Fsp3) is 0.273. The number of rotatable bonds is 1. The van der Waals surface area contributed by atoms with E-state index in [0.717, 1.165) is 27.5 Å². The maximum atomic E-state index is 13.0. The van der Waals surface area contributed by atoms with Crippen LogP contribution in [0.2, 0.25) is 0 Å². The van der Waals surface area contributed by atoms with Crippen LogP contribution < -0.4 is 5.46 Å². The lowest BCUT2D eigenvalue weighted by molar-refractivity contribution is 0.00578. The van der Waals surface area contributed by atoms with Crippen LogP contribution in [0.3, 0.4) is 0 Å². The number of nitrogens with zero attached hydrogens (tertiary/aromatic N) is 1. The molecule has 0 spiro atoms. The van der Waals surface area contributed by atoms with Crippen molar-refractivity contribution in [2.75, 3.05) is 0 Å². The van der Waals surface area contributed by atoms with Crippen LogP contribution in [-0.4, -0.2) is 29.1 Å². The predicted molar refractivity (Wildman–Crippen MR) is 106 cm³/mol. The number of hydrogen-bond acceptors (Lipinski definition) is 4. The molecule has 0 unspecified atom stereocenters. The first-order chi connectivity index (χ1) is 12.8. The first-order valence-electron chi connectivity index (χ1n) is 9.21. The summed E-state index contributed by atoms with van der Waals surface area (Å²) in [5.41, 5.74) is 3.11. The van der Waals surface area contributed by atoms with E-state index in [1.165, 1.54) is 0 Å². The van der Waals surface area contributed by atoms with E-state index in [9.17, 15) is 4.79 Å². The fourth-order valence-corrected chi connectivity index (χ4v) is 3.90. The molecule has 0 N–H and O–H groups in total. The Labute approximate surface area is 158 Å². The molecule has 2 aromatic carbocycles. The van der Waals surface area contributed by atoms with Crippen molar-refractivity contribution in [3.8, 4) is 11.3 Å². The van der Waals surface area contributed by atoms with E-state index >= 15 is 0 Å². The smallest absolute Gasteiger partial charge is 0.399 e. The van der Waals surface area contributed by atoms with Crippen LogP contribution in [0.1, 0.15) is 43.6 Å². The molecule has 27 heavy (non-hydrogen) atoms. The molecule has 2 heterocycles. The largest absolute Gasteiger partial charge is 0.497 e. The minimum absolute atomic E-state index is 0.0385. The number of fused-ring (bicyclic) bond motifs is 2. The highest BCUT2D eigenvalue weighted by atomic mass is 16.7. The Bertz CT molecular complexity index is 1100. The van der Waals surface area contributed by atoms with E-state index in [0.29, 0.717) is 11.1 Å². The fourth-order valence-electron chi connectivity index (χ4n) is 3.90. The van der Waals surface area contributed by atoms with Gasteiger partial charge in [-0.1, -0.05) is 42.5 Å². The lowest BCUT2D eigenvalue weighted by Crippen LogP contribution is -2.41. The van der Waals surface area contributed by atoms with Crippen LogP contribution in [0.15, 0.2) is 48.7 Å². The topological polar surface area (TPSA) is 48.4 Å². The maximum absolute atomic E-state index is 13.0. The minimum atomic E-state index is -0.515. The van der Waals surface area contributed by atoms with Gasteiger partial charge in [-0.15, -0.1) is 0 Å². The summed E-state index contributed by atoms with van der Waals surface area (Å²) in [4.78, 5) is 17.8. The van der Waals surface area contributed by atoms with E-state index in [4.69, 9.17) is 14.3 Å². The quantitative estimate of drug-likeness (QED) is 0.487. The zero-order valence-corrected chi connectivity index (χ0v) is 15.9. The van der Waals surface area contributed by atoms with Gasteiger partial charge in [0.1, 0.15) is 0 Å². The second-order valence-corrected chi connectivity index (χ2v) is 8.25. The summed E-state index contributed by atoms with van der Waals surface area (Å²) >= 11 is 0. The van der Waals surface area contributed by atoms with Crippen molar-refractivity contribution in [2.24, 2.45) is 0 Å². The monoisotopic (exact) mass is 357 g/mol. The Balaban J connectivity index is 1.76.